The number of hydrogen-bond donors (Lipinski definition) is 1. The van der Waals surface area contributed by atoms with E-state index in [0.717, 1.165) is 42.0 Å². The SMILES string of the molecule is Cc1cc(C(=O)Nc2cc(Br)ccc2N2CCN(C)CC2)cc(C)c1F. The van der Waals surface area contributed by atoms with Crippen LogP contribution < -0.4 is 10.2 Å². The summed E-state index contributed by atoms with van der Waals surface area (Å²) in [4.78, 5) is 17.3. The first kappa shape index (κ1) is 18.9. The van der Waals surface area contributed by atoms with Crippen LogP contribution in [0.2, 0.25) is 0 Å². The number of anilines is 2. The summed E-state index contributed by atoms with van der Waals surface area (Å²) in [6.07, 6.45) is 0. The number of nitrogens with zero attached hydrogens (tertiary/aromatic N) is 2. The number of likely N-dealkylation sites (N-methyl/N-ethyl adjacent to an activating group) is 1. The molecule has 6 heteroatoms. The maximum absolute atomic E-state index is 13.8. The van der Waals surface area contributed by atoms with Gasteiger partial charge in [0, 0.05) is 36.2 Å². The highest BCUT2D eigenvalue weighted by molar-refractivity contribution is 9.10. The molecule has 138 valence electrons. The molecule has 1 saturated heterocycles. The van der Waals surface area contributed by atoms with Crippen LogP contribution in [0.3, 0.4) is 0 Å². The molecule has 0 aliphatic carbocycles. The van der Waals surface area contributed by atoms with Crippen LogP contribution in [0.25, 0.3) is 0 Å². The van der Waals surface area contributed by atoms with Gasteiger partial charge in [0.1, 0.15) is 5.82 Å². The Morgan fingerprint density at radius 3 is 2.31 bits per heavy atom. The van der Waals surface area contributed by atoms with Crippen molar-refractivity contribution in [2.24, 2.45) is 0 Å². The average Bonchev–Trinajstić information content (AvgIpc) is 2.60. The molecular weight excluding hydrogens is 397 g/mol. The molecule has 1 fully saturated rings. The van der Waals surface area contributed by atoms with Crippen LogP contribution in [0, 0.1) is 19.7 Å². The van der Waals surface area contributed by atoms with Crippen molar-refractivity contribution in [1.29, 1.82) is 0 Å². The number of carbonyl (C=O) groups excluding carboxylic acids is 1. The summed E-state index contributed by atoms with van der Waals surface area (Å²) < 4.78 is 14.7. The highest BCUT2D eigenvalue weighted by Crippen LogP contribution is 2.30. The second-order valence-corrected chi connectivity index (χ2v) is 7.75. The molecule has 26 heavy (non-hydrogen) atoms. The molecule has 2 aromatic carbocycles. The molecule has 1 heterocycles. The Labute approximate surface area is 162 Å². The number of halogens is 2. The van der Waals surface area contributed by atoms with Crippen LogP contribution in [-0.2, 0) is 0 Å². The van der Waals surface area contributed by atoms with Crippen molar-refractivity contribution in [3.05, 3.63) is 57.3 Å². The van der Waals surface area contributed by atoms with Crippen molar-refractivity contribution >= 4 is 33.2 Å². The molecule has 0 atom stereocenters. The van der Waals surface area contributed by atoms with E-state index in [1.165, 1.54) is 0 Å². The summed E-state index contributed by atoms with van der Waals surface area (Å²) in [7, 11) is 2.11. The molecule has 0 saturated carbocycles. The number of aryl methyl sites for hydroxylation is 2. The van der Waals surface area contributed by atoms with Crippen molar-refractivity contribution in [3.8, 4) is 0 Å². The van der Waals surface area contributed by atoms with E-state index >= 15 is 0 Å². The Bertz CT molecular complexity index is 809. The topological polar surface area (TPSA) is 35.6 Å². The van der Waals surface area contributed by atoms with Gasteiger partial charge in [-0.25, -0.2) is 4.39 Å². The average molecular weight is 420 g/mol. The fourth-order valence-corrected chi connectivity index (χ4v) is 3.56. The Balaban J connectivity index is 1.87. The summed E-state index contributed by atoms with van der Waals surface area (Å²) >= 11 is 3.48. The third kappa shape index (κ3) is 4.07. The number of hydrogen-bond acceptors (Lipinski definition) is 3. The van der Waals surface area contributed by atoms with E-state index in [2.05, 4.69) is 38.1 Å². The quantitative estimate of drug-likeness (QED) is 0.808. The molecule has 0 aromatic heterocycles. The summed E-state index contributed by atoms with van der Waals surface area (Å²) in [5, 5.41) is 3.00. The third-order valence-corrected chi connectivity index (χ3v) is 5.24. The van der Waals surface area contributed by atoms with Crippen molar-refractivity contribution in [3.63, 3.8) is 0 Å². The zero-order chi connectivity index (χ0) is 18.8. The number of nitrogens with one attached hydrogen (secondary N) is 1. The fourth-order valence-electron chi connectivity index (χ4n) is 3.20. The fraction of sp³-hybridized carbons (Fsp3) is 0.350. The zero-order valence-corrected chi connectivity index (χ0v) is 16.9. The van der Waals surface area contributed by atoms with E-state index in [4.69, 9.17) is 0 Å². The number of carbonyl (C=O) groups is 1. The summed E-state index contributed by atoms with van der Waals surface area (Å²) in [5.41, 5.74) is 3.18. The second kappa shape index (κ2) is 7.76. The smallest absolute Gasteiger partial charge is 0.255 e. The van der Waals surface area contributed by atoms with E-state index in [1.807, 2.05) is 18.2 Å². The van der Waals surface area contributed by atoms with Crippen LogP contribution in [-0.4, -0.2) is 44.0 Å². The van der Waals surface area contributed by atoms with Crippen molar-refractivity contribution < 1.29 is 9.18 Å². The molecule has 0 unspecified atom stereocenters. The molecule has 3 rings (SSSR count). The lowest BCUT2D eigenvalue weighted by atomic mass is 10.1. The molecule has 0 bridgehead atoms. The van der Waals surface area contributed by atoms with Crippen molar-refractivity contribution in [1.82, 2.24) is 4.90 Å². The predicted molar refractivity (Wildman–Crippen MR) is 108 cm³/mol. The summed E-state index contributed by atoms with van der Waals surface area (Å²) in [5.74, 6) is -0.494. The highest BCUT2D eigenvalue weighted by Gasteiger charge is 2.19. The van der Waals surface area contributed by atoms with Gasteiger partial charge in [0.25, 0.3) is 5.91 Å². The molecule has 1 aliphatic heterocycles. The molecular formula is C20H23BrFN3O. The van der Waals surface area contributed by atoms with Crippen molar-refractivity contribution in [2.45, 2.75) is 13.8 Å². The van der Waals surface area contributed by atoms with E-state index in [0.29, 0.717) is 16.7 Å². The maximum atomic E-state index is 13.8. The van der Waals surface area contributed by atoms with Gasteiger partial charge < -0.3 is 15.1 Å². The summed E-state index contributed by atoms with van der Waals surface area (Å²) in [6, 6.07) is 9.09. The lowest BCUT2D eigenvalue weighted by Crippen LogP contribution is -2.44. The van der Waals surface area contributed by atoms with Crippen LogP contribution in [0.5, 0.6) is 0 Å². The molecule has 0 spiro atoms. The molecule has 4 nitrogen and oxygen atoms in total. The summed E-state index contributed by atoms with van der Waals surface area (Å²) in [6.45, 7) is 7.15. The van der Waals surface area contributed by atoms with Gasteiger partial charge in [-0.2, -0.15) is 0 Å². The second-order valence-electron chi connectivity index (χ2n) is 6.83. The number of benzene rings is 2. The molecule has 1 N–H and O–H groups in total. The van der Waals surface area contributed by atoms with E-state index in [-0.39, 0.29) is 11.7 Å². The largest absolute Gasteiger partial charge is 0.367 e. The Morgan fingerprint density at radius 2 is 1.69 bits per heavy atom. The van der Waals surface area contributed by atoms with Crippen LogP contribution in [0.15, 0.2) is 34.8 Å². The number of piperazine rings is 1. The lowest BCUT2D eigenvalue weighted by molar-refractivity contribution is 0.102. The highest BCUT2D eigenvalue weighted by atomic mass is 79.9. The Kier molecular flexibility index (Phi) is 5.63. The standard InChI is InChI=1S/C20H23BrFN3O/c1-13-10-15(11-14(2)19(13)22)20(26)23-17-12-16(21)4-5-18(17)25-8-6-24(3)7-9-25/h4-5,10-12H,6-9H2,1-3H3,(H,23,26). The Hall–Kier alpha value is -1.92. The molecule has 0 radical (unpaired) electrons. The zero-order valence-electron chi connectivity index (χ0n) is 15.3. The third-order valence-electron chi connectivity index (χ3n) is 4.75. The minimum Gasteiger partial charge on any atom is -0.367 e. The van der Waals surface area contributed by atoms with E-state index in [9.17, 15) is 9.18 Å². The lowest BCUT2D eigenvalue weighted by Gasteiger charge is -2.35. The normalized spacial score (nSPS) is 15.2. The predicted octanol–water partition coefficient (Wildman–Crippen LogP) is 4.21. The number of rotatable bonds is 3. The van der Waals surface area contributed by atoms with Crippen LogP contribution in [0.4, 0.5) is 15.8 Å². The van der Waals surface area contributed by atoms with Gasteiger partial charge in [-0.3, -0.25) is 4.79 Å². The van der Waals surface area contributed by atoms with E-state index < -0.39 is 0 Å². The van der Waals surface area contributed by atoms with Gasteiger partial charge >= 0.3 is 0 Å². The van der Waals surface area contributed by atoms with Gasteiger partial charge in [0.15, 0.2) is 0 Å². The van der Waals surface area contributed by atoms with Crippen molar-refractivity contribution in [2.75, 3.05) is 43.4 Å². The first-order valence-electron chi connectivity index (χ1n) is 8.66. The van der Waals surface area contributed by atoms with Gasteiger partial charge in [-0.1, -0.05) is 15.9 Å². The minimum absolute atomic E-state index is 0.232. The molecule has 2 aromatic rings. The molecule has 1 aliphatic rings. The van der Waals surface area contributed by atoms with Crippen LogP contribution >= 0.6 is 15.9 Å². The first-order chi connectivity index (χ1) is 12.3. The van der Waals surface area contributed by atoms with E-state index in [1.54, 1.807) is 26.0 Å². The maximum Gasteiger partial charge on any atom is 0.255 e. The van der Waals surface area contributed by atoms with Crippen LogP contribution in [0.1, 0.15) is 21.5 Å². The van der Waals surface area contributed by atoms with Gasteiger partial charge in [-0.05, 0) is 62.4 Å². The van der Waals surface area contributed by atoms with Gasteiger partial charge in [-0.15, -0.1) is 0 Å². The molecule has 1 amide bonds. The monoisotopic (exact) mass is 419 g/mol. The van der Waals surface area contributed by atoms with Gasteiger partial charge in [0.05, 0.1) is 11.4 Å². The van der Waals surface area contributed by atoms with Gasteiger partial charge in [0.2, 0.25) is 0 Å². The first-order valence-corrected chi connectivity index (χ1v) is 9.45. The minimum atomic E-state index is -0.262. The number of amides is 1. The Morgan fingerprint density at radius 1 is 1.08 bits per heavy atom.